The number of ether oxygens (including phenoxy) is 1. The third kappa shape index (κ3) is 5.07. The molecule has 10 heteroatoms. The number of carbonyl (C=O) groups excluding carboxylic acids is 3. The van der Waals surface area contributed by atoms with Crippen molar-refractivity contribution in [1.29, 1.82) is 0 Å². The standard InChI is InChI=1S/C26H24N4O6/c1-15(24(31)29-26(33)27-2)36-25(32)22-19-10-3-4-12-21(19)28-23-17(8-6-11-20(22)23)13-16-7-5-9-18(14-16)30(34)35/h3-5,7,9-10,12-15H,6,8,11H2,1-2H3,(H2,27,29,31,33)/b17-13+/t15-/m0/s1. The van der Waals surface area contributed by atoms with Gasteiger partial charge in [0, 0.05) is 24.6 Å². The maximum Gasteiger partial charge on any atom is 0.339 e. The minimum atomic E-state index is -1.21. The van der Waals surface area contributed by atoms with Crippen LogP contribution in [0.4, 0.5) is 10.5 Å². The van der Waals surface area contributed by atoms with E-state index < -0.39 is 28.9 Å². The summed E-state index contributed by atoms with van der Waals surface area (Å²) in [7, 11) is 1.37. The monoisotopic (exact) mass is 488 g/mol. The first kappa shape index (κ1) is 24.5. The van der Waals surface area contributed by atoms with Crippen LogP contribution in [-0.4, -0.2) is 41.0 Å². The molecule has 1 aliphatic rings. The highest BCUT2D eigenvalue weighted by Crippen LogP contribution is 2.36. The summed E-state index contributed by atoms with van der Waals surface area (Å²) in [5.41, 5.74) is 3.71. The van der Waals surface area contributed by atoms with E-state index in [9.17, 15) is 24.5 Å². The number of amides is 3. The molecule has 0 spiro atoms. The van der Waals surface area contributed by atoms with Crippen molar-refractivity contribution in [3.63, 3.8) is 0 Å². The Morgan fingerprint density at radius 1 is 1.14 bits per heavy atom. The molecule has 0 unspecified atom stereocenters. The fraction of sp³-hybridized carbons (Fsp3) is 0.231. The van der Waals surface area contributed by atoms with Crippen molar-refractivity contribution in [3.05, 3.63) is 81.0 Å². The molecule has 2 N–H and O–H groups in total. The van der Waals surface area contributed by atoms with Crippen LogP contribution >= 0.6 is 0 Å². The fourth-order valence-corrected chi connectivity index (χ4v) is 4.19. The van der Waals surface area contributed by atoms with E-state index >= 15 is 0 Å². The van der Waals surface area contributed by atoms with Crippen LogP contribution in [0.2, 0.25) is 0 Å². The Kier molecular flexibility index (Phi) is 7.05. The maximum absolute atomic E-state index is 13.4. The third-order valence-corrected chi connectivity index (χ3v) is 5.91. The zero-order valence-corrected chi connectivity index (χ0v) is 19.7. The molecule has 184 valence electrons. The molecule has 1 aliphatic carbocycles. The van der Waals surface area contributed by atoms with Gasteiger partial charge < -0.3 is 10.1 Å². The SMILES string of the molecule is CNC(=O)NC(=O)[C@H](C)OC(=O)c1c2c(nc3ccccc13)/C(=C/c1cccc([N+](=O)[O-])c1)CCC2. The molecule has 0 bridgehead atoms. The predicted molar refractivity (Wildman–Crippen MR) is 133 cm³/mol. The number of allylic oxidation sites excluding steroid dienone is 1. The number of hydrogen-bond acceptors (Lipinski definition) is 7. The highest BCUT2D eigenvalue weighted by molar-refractivity contribution is 6.07. The van der Waals surface area contributed by atoms with Crippen molar-refractivity contribution in [3.8, 4) is 0 Å². The second-order valence-corrected chi connectivity index (χ2v) is 8.32. The highest BCUT2D eigenvalue weighted by atomic mass is 16.6. The average molecular weight is 489 g/mol. The van der Waals surface area contributed by atoms with Crippen molar-refractivity contribution >= 4 is 46.1 Å². The number of non-ortho nitro benzene ring substituents is 1. The smallest absolute Gasteiger partial charge is 0.339 e. The summed E-state index contributed by atoms with van der Waals surface area (Å²) < 4.78 is 5.46. The van der Waals surface area contributed by atoms with Gasteiger partial charge in [0.05, 0.1) is 21.7 Å². The van der Waals surface area contributed by atoms with Gasteiger partial charge in [-0.3, -0.25) is 20.2 Å². The number of rotatable bonds is 5. The summed E-state index contributed by atoms with van der Waals surface area (Å²) in [6.45, 7) is 1.39. The fourth-order valence-electron chi connectivity index (χ4n) is 4.19. The topological polar surface area (TPSA) is 141 Å². The number of fused-ring (bicyclic) bond motifs is 2. The number of nitrogens with zero attached hydrogens (tertiary/aromatic N) is 2. The molecule has 1 heterocycles. The summed E-state index contributed by atoms with van der Waals surface area (Å²) in [6, 6.07) is 12.8. The van der Waals surface area contributed by atoms with Crippen LogP contribution in [0, 0.1) is 10.1 Å². The molecule has 2 aromatic carbocycles. The molecule has 4 rings (SSSR count). The van der Waals surface area contributed by atoms with Gasteiger partial charge in [0.25, 0.3) is 11.6 Å². The predicted octanol–water partition coefficient (Wildman–Crippen LogP) is 4.02. The molecule has 10 nitrogen and oxygen atoms in total. The average Bonchev–Trinajstić information content (AvgIpc) is 2.87. The van der Waals surface area contributed by atoms with E-state index in [1.165, 1.54) is 26.1 Å². The minimum Gasteiger partial charge on any atom is -0.449 e. The largest absolute Gasteiger partial charge is 0.449 e. The Labute approximate surface area is 206 Å². The first-order chi connectivity index (χ1) is 17.3. The Morgan fingerprint density at radius 2 is 1.92 bits per heavy atom. The Bertz CT molecular complexity index is 1410. The summed E-state index contributed by atoms with van der Waals surface area (Å²) in [6.07, 6.45) is 2.63. The third-order valence-electron chi connectivity index (χ3n) is 5.91. The highest BCUT2D eigenvalue weighted by Gasteiger charge is 2.28. The maximum atomic E-state index is 13.4. The molecule has 0 saturated carbocycles. The number of nitrogens with one attached hydrogen (secondary N) is 2. The first-order valence-corrected chi connectivity index (χ1v) is 11.4. The van der Waals surface area contributed by atoms with E-state index in [1.807, 2.05) is 12.1 Å². The molecule has 36 heavy (non-hydrogen) atoms. The molecule has 1 atom stereocenters. The van der Waals surface area contributed by atoms with Gasteiger partial charge in [-0.1, -0.05) is 30.3 Å². The molecule has 3 amide bonds. The van der Waals surface area contributed by atoms with Crippen LogP contribution < -0.4 is 10.6 Å². The van der Waals surface area contributed by atoms with Crippen LogP contribution in [0.25, 0.3) is 22.6 Å². The van der Waals surface area contributed by atoms with E-state index in [0.29, 0.717) is 46.1 Å². The second kappa shape index (κ2) is 10.3. The number of para-hydroxylation sites is 1. The first-order valence-electron chi connectivity index (χ1n) is 11.4. The van der Waals surface area contributed by atoms with Crippen molar-refractivity contribution in [1.82, 2.24) is 15.6 Å². The van der Waals surface area contributed by atoms with Gasteiger partial charge in [-0.15, -0.1) is 0 Å². The lowest BCUT2D eigenvalue weighted by molar-refractivity contribution is -0.384. The number of urea groups is 1. The summed E-state index contributed by atoms with van der Waals surface area (Å²) in [5.74, 6) is -1.44. The summed E-state index contributed by atoms with van der Waals surface area (Å²) in [4.78, 5) is 52.6. The zero-order valence-electron chi connectivity index (χ0n) is 19.7. The van der Waals surface area contributed by atoms with Gasteiger partial charge >= 0.3 is 12.0 Å². The van der Waals surface area contributed by atoms with E-state index in [0.717, 1.165) is 12.0 Å². The number of pyridine rings is 1. The minimum absolute atomic E-state index is 0.0138. The zero-order chi connectivity index (χ0) is 25.8. The molecular formula is C26H24N4O6. The molecule has 0 saturated heterocycles. The second-order valence-electron chi connectivity index (χ2n) is 8.32. The van der Waals surface area contributed by atoms with Crippen molar-refractivity contribution < 1.29 is 24.0 Å². The molecule has 1 aromatic heterocycles. The van der Waals surface area contributed by atoms with E-state index in [2.05, 4.69) is 10.6 Å². The van der Waals surface area contributed by atoms with Crippen LogP contribution in [0.3, 0.4) is 0 Å². The number of carbonyl (C=O) groups is 3. The lowest BCUT2D eigenvalue weighted by atomic mass is 9.86. The Morgan fingerprint density at radius 3 is 2.67 bits per heavy atom. The van der Waals surface area contributed by atoms with Gasteiger partial charge in [0.1, 0.15) is 0 Å². The summed E-state index contributed by atoms with van der Waals surface area (Å²) in [5, 5.41) is 16.2. The van der Waals surface area contributed by atoms with Crippen molar-refractivity contribution in [2.45, 2.75) is 32.3 Å². The number of imide groups is 1. The Balaban J connectivity index is 1.77. The van der Waals surface area contributed by atoms with Gasteiger partial charge in [0.15, 0.2) is 6.10 Å². The van der Waals surface area contributed by atoms with Crippen LogP contribution in [-0.2, 0) is 16.0 Å². The van der Waals surface area contributed by atoms with Crippen LogP contribution in [0.5, 0.6) is 0 Å². The Hall–Kier alpha value is -4.60. The van der Waals surface area contributed by atoms with E-state index in [-0.39, 0.29) is 5.69 Å². The summed E-state index contributed by atoms with van der Waals surface area (Å²) >= 11 is 0. The molecule has 0 aliphatic heterocycles. The number of esters is 1. The quantitative estimate of drug-likeness (QED) is 0.314. The van der Waals surface area contributed by atoms with Gasteiger partial charge in [-0.2, -0.15) is 0 Å². The number of aromatic nitrogens is 1. The van der Waals surface area contributed by atoms with Crippen molar-refractivity contribution in [2.75, 3.05) is 7.05 Å². The molecule has 0 fully saturated rings. The number of benzene rings is 2. The normalized spacial score (nSPS) is 14.6. The van der Waals surface area contributed by atoms with Gasteiger partial charge in [0.2, 0.25) is 0 Å². The van der Waals surface area contributed by atoms with E-state index in [4.69, 9.17) is 9.72 Å². The van der Waals surface area contributed by atoms with Gasteiger partial charge in [-0.05, 0) is 55.0 Å². The molecule has 0 radical (unpaired) electrons. The van der Waals surface area contributed by atoms with E-state index in [1.54, 1.807) is 30.3 Å². The van der Waals surface area contributed by atoms with Crippen molar-refractivity contribution in [2.24, 2.45) is 0 Å². The molecule has 3 aromatic rings. The number of hydrogen-bond donors (Lipinski definition) is 2. The van der Waals surface area contributed by atoms with Gasteiger partial charge in [-0.25, -0.2) is 14.6 Å². The lowest BCUT2D eigenvalue weighted by Gasteiger charge is -2.23. The molecular weight excluding hydrogens is 464 g/mol. The lowest BCUT2D eigenvalue weighted by Crippen LogP contribution is -2.43. The number of nitro groups is 1. The van der Waals surface area contributed by atoms with Crippen LogP contribution in [0.1, 0.15) is 46.9 Å². The van der Waals surface area contributed by atoms with Crippen LogP contribution in [0.15, 0.2) is 48.5 Å². The number of nitro benzene ring substituents is 1.